The predicted octanol–water partition coefficient (Wildman–Crippen LogP) is 4.07. The van der Waals surface area contributed by atoms with Crippen molar-refractivity contribution in [2.75, 3.05) is 26.3 Å². The van der Waals surface area contributed by atoms with Gasteiger partial charge < -0.3 is 29.7 Å². The molecule has 3 amide bonds. The van der Waals surface area contributed by atoms with Crippen molar-refractivity contribution >= 4 is 50.7 Å². The molecule has 14 heteroatoms. The first-order valence-corrected chi connectivity index (χ1v) is 19.2. The number of carbonyl (C=O) groups is 4. The van der Waals surface area contributed by atoms with Crippen molar-refractivity contribution in [1.29, 1.82) is 0 Å². The molecule has 0 radical (unpaired) electrons. The summed E-state index contributed by atoms with van der Waals surface area (Å²) in [7, 11) is 0. The highest BCUT2D eigenvalue weighted by molar-refractivity contribution is 9.09. The topological polar surface area (TPSA) is 156 Å². The van der Waals surface area contributed by atoms with Gasteiger partial charge in [0.1, 0.15) is 30.4 Å². The number of hydrogen-bond acceptors (Lipinski definition) is 9. The SMILES string of the molecule is C=CCCC(=O)OC[C@H](NC(=O)[C@H]1[C@@H]2O[C@@]3(CC2Br)[C@@H]1C(=O)N(CCCCCCO)[C@@H]3C(=O)N(CC=C)Cn1nnc2ccccc21)c1ccccc1. The summed E-state index contributed by atoms with van der Waals surface area (Å²) in [6.07, 6.45) is 6.38. The van der Waals surface area contributed by atoms with Gasteiger partial charge >= 0.3 is 5.97 Å². The number of halogens is 1. The molecule has 53 heavy (non-hydrogen) atoms. The van der Waals surface area contributed by atoms with Crippen molar-refractivity contribution in [2.24, 2.45) is 11.8 Å². The molecule has 3 aromatic rings. The van der Waals surface area contributed by atoms with Crippen LogP contribution < -0.4 is 5.32 Å². The summed E-state index contributed by atoms with van der Waals surface area (Å²) in [5, 5.41) is 20.9. The Hall–Kier alpha value is -4.40. The molecule has 1 spiro atoms. The van der Waals surface area contributed by atoms with Crippen LogP contribution in [-0.4, -0.2) is 102 Å². The fourth-order valence-electron chi connectivity index (χ4n) is 8.07. The lowest BCUT2D eigenvalue weighted by Gasteiger charge is -2.37. The van der Waals surface area contributed by atoms with Gasteiger partial charge in [-0.25, -0.2) is 4.68 Å². The molecule has 3 fully saturated rings. The normalized spacial score (nSPS) is 24.9. The van der Waals surface area contributed by atoms with Crippen LogP contribution >= 0.6 is 15.9 Å². The van der Waals surface area contributed by atoms with E-state index in [0.29, 0.717) is 31.2 Å². The molecule has 3 saturated heterocycles. The highest BCUT2D eigenvalue weighted by Crippen LogP contribution is 2.60. The standard InChI is InChI=1S/C39H47BrN6O7/c1-3-5-19-31(48)52-24-29(26-15-9-8-10-16-26)41-36(49)32-33-37(50)45(21-13-6-7-14-22-47)35(39(33)23-27(40)34(32)53-39)38(51)44(20-4-2)25-46-30-18-12-11-17-28(30)42-43-46/h3-4,8-12,15-18,27,29,32-35,47H,1-2,5-7,13-14,19-25H2,(H,41,49)/t27?,29-,32+,33-,34+,35+,39-/m0/s1. The first-order valence-electron chi connectivity index (χ1n) is 18.3. The third-order valence-corrected chi connectivity index (χ3v) is 11.3. The predicted molar refractivity (Wildman–Crippen MR) is 200 cm³/mol. The zero-order valence-corrected chi connectivity index (χ0v) is 31.3. The Morgan fingerprint density at radius 2 is 1.85 bits per heavy atom. The minimum atomic E-state index is -1.27. The van der Waals surface area contributed by atoms with Crippen LogP contribution in [0.4, 0.5) is 0 Å². The second-order valence-corrected chi connectivity index (χ2v) is 15.1. The number of nitrogens with zero attached hydrogens (tertiary/aromatic N) is 5. The van der Waals surface area contributed by atoms with E-state index in [1.165, 1.54) is 0 Å². The number of carbonyl (C=O) groups excluding carboxylic acids is 4. The van der Waals surface area contributed by atoms with Gasteiger partial charge in [0.15, 0.2) is 0 Å². The Kier molecular flexibility index (Phi) is 12.4. The van der Waals surface area contributed by atoms with Gasteiger partial charge in [-0.15, -0.1) is 18.3 Å². The number of nitrogens with one attached hydrogen (secondary N) is 1. The number of aliphatic hydroxyl groups is 1. The summed E-state index contributed by atoms with van der Waals surface area (Å²) in [5.74, 6) is -3.28. The molecule has 282 valence electrons. The molecule has 3 aliphatic heterocycles. The molecule has 2 N–H and O–H groups in total. The molecule has 6 rings (SSSR count). The van der Waals surface area contributed by atoms with E-state index in [2.05, 4.69) is 44.7 Å². The van der Waals surface area contributed by atoms with Crippen LogP contribution in [0.5, 0.6) is 0 Å². The van der Waals surface area contributed by atoms with Crippen LogP contribution in [0.2, 0.25) is 0 Å². The van der Waals surface area contributed by atoms with Crippen molar-refractivity contribution < 1.29 is 33.8 Å². The fraction of sp³-hybridized carbons (Fsp3) is 0.487. The molecule has 2 aromatic carbocycles. The van der Waals surface area contributed by atoms with Gasteiger partial charge in [-0.3, -0.25) is 19.2 Å². The van der Waals surface area contributed by atoms with Crippen LogP contribution in [-0.2, 0) is 35.3 Å². The van der Waals surface area contributed by atoms with Crippen LogP contribution in [0.1, 0.15) is 56.6 Å². The number of ether oxygens (including phenoxy) is 2. The molecular weight excluding hydrogens is 744 g/mol. The second kappa shape index (κ2) is 17.2. The average molecular weight is 792 g/mol. The molecule has 0 aliphatic carbocycles. The van der Waals surface area contributed by atoms with E-state index >= 15 is 0 Å². The van der Waals surface area contributed by atoms with E-state index in [1.807, 2.05) is 54.6 Å². The van der Waals surface area contributed by atoms with E-state index < -0.39 is 47.5 Å². The Bertz CT molecular complexity index is 1800. The molecule has 3 aliphatic rings. The van der Waals surface area contributed by atoms with E-state index in [1.54, 1.807) is 26.6 Å². The van der Waals surface area contributed by atoms with Crippen LogP contribution in [0.25, 0.3) is 11.0 Å². The monoisotopic (exact) mass is 790 g/mol. The van der Waals surface area contributed by atoms with Crippen molar-refractivity contribution in [1.82, 2.24) is 30.1 Å². The van der Waals surface area contributed by atoms with Crippen molar-refractivity contribution in [3.63, 3.8) is 0 Å². The molecule has 0 saturated carbocycles. The number of fused-ring (bicyclic) bond motifs is 2. The third kappa shape index (κ3) is 7.81. The lowest BCUT2D eigenvalue weighted by Crippen LogP contribution is -2.57. The molecule has 2 bridgehead atoms. The van der Waals surface area contributed by atoms with Crippen molar-refractivity contribution in [3.8, 4) is 0 Å². The van der Waals surface area contributed by atoms with Crippen molar-refractivity contribution in [3.05, 3.63) is 85.5 Å². The third-order valence-electron chi connectivity index (χ3n) is 10.5. The quantitative estimate of drug-likeness (QED) is 0.0792. The van der Waals surface area contributed by atoms with Gasteiger partial charge in [0.05, 0.1) is 29.5 Å². The molecular formula is C39H47BrN6O7. The smallest absolute Gasteiger partial charge is 0.306 e. The van der Waals surface area contributed by atoms with E-state index in [-0.39, 0.29) is 56.0 Å². The van der Waals surface area contributed by atoms with Crippen molar-refractivity contribution in [2.45, 2.75) is 80.2 Å². The number of amides is 3. The van der Waals surface area contributed by atoms with Gasteiger partial charge in [-0.2, -0.15) is 0 Å². The van der Waals surface area contributed by atoms with E-state index in [4.69, 9.17) is 9.47 Å². The van der Waals surface area contributed by atoms with E-state index in [9.17, 15) is 24.3 Å². The highest BCUT2D eigenvalue weighted by Gasteiger charge is 2.76. The molecule has 1 aromatic heterocycles. The number of allylic oxidation sites excluding steroid dienone is 1. The zero-order chi connectivity index (χ0) is 37.5. The summed E-state index contributed by atoms with van der Waals surface area (Å²) < 4.78 is 14.0. The summed E-state index contributed by atoms with van der Waals surface area (Å²) in [4.78, 5) is 59.4. The summed E-state index contributed by atoms with van der Waals surface area (Å²) >= 11 is 3.76. The Balaban J connectivity index is 1.30. The van der Waals surface area contributed by atoms with Gasteiger partial charge in [-0.05, 0) is 43.4 Å². The first kappa shape index (κ1) is 38.3. The van der Waals surface area contributed by atoms with Crippen LogP contribution in [0.3, 0.4) is 0 Å². The van der Waals surface area contributed by atoms with Crippen LogP contribution in [0, 0.1) is 11.8 Å². The number of benzene rings is 2. The largest absolute Gasteiger partial charge is 0.463 e. The minimum absolute atomic E-state index is 0.0660. The number of aromatic nitrogens is 3. The Morgan fingerprint density at radius 1 is 1.09 bits per heavy atom. The summed E-state index contributed by atoms with van der Waals surface area (Å²) in [6, 6.07) is 15.0. The molecule has 1 unspecified atom stereocenters. The lowest BCUT2D eigenvalue weighted by molar-refractivity contribution is -0.149. The molecule has 7 atom stereocenters. The minimum Gasteiger partial charge on any atom is -0.463 e. The number of rotatable bonds is 19. The van der Waals surface area contributed by atoms with Gasteiger partial charge in [-0.1, -0.05) is 88.6 Å². The summed E-state index contributed by atoms with van der Waals surface area (Å²) in [6.45, 7) is 8.07. The lowest BCUT2D eigenvalue weighted by atomic mass is 9.70. The number of unbranched alkanes of at least 4 members (excludes halogenated alkanes) is 3. The first-order chi connectivity index (χ1) is 25.7. The van der Waals surface area contributed by atoms with Gasteiger partial charge in [0, 0.05) is 30.9 Å². The number of esters is 1. The highest BCUT2D eigenvalue weighted by atomic mass is 79.9. The number of para-hydroxylation sites is 1. The maximum absolute atomic E-state index is 14.9. The Morgan fingerprint density at radius 3 is 2.60 bits per heavy atom. The number of alkyl halides is 1. The number of hydrogen-bond donors (Lipinski definition) is 2. The average Bonchev–Trinajstić information content (AvgIpc) is 3.89. The molecule has 13 nitrogen and oxygen atoms in total. The summed E-state index contributed by atoms with van der Waals surface area (Å²) in [5.41, 5.74) is 0.904. The second-order valence-electron chi connectivity index (χ2n) is 13.9. The molecule has 4 heterocycles. The fourth-order valence-corrected chi connectivity index (χ4v) is 9.01. The Labute approximate surface area is 317 Å². The van der Waals surface area contributed by atoms with E-state index in [0.717, 1.165) is 23.9 Å². The maximum Gasteiger partial charge on any atom is 0.306 e. The number of likely N-dealkylation sites (tertiary alicyclic amines) is 1. The van der Waals surface area contributed by atoms with Gasteiger partial charge in [0.25, 0.3) is 0 Å². The van der Waals surface area contributed by atoms with Crippen LogP contribution in [0.15, 0.2) is 79.9 Å². The maximum atomic E-state index is 14.9. The van der Waals surface area contributed by atoms with Gasteiger partial charge in [0.2, 0.25) is 17.7 Å². The zero-order valence-electron chi connectivity index (χ0n) is 29.7. The number of aliphatic hydroxyl groups excluding tert-OH is 1.